The number of benzene rings is 2. The van der Waals surface area contributed by atoms with Gasteiger partial charge in [-0.2, -0.15) is 4.98 Å². The Labute approximate surface area is 127 Å². The van der Waals surface area contributed by atoms with Gasteiger partial charge in [0.05, 0.1) is 17.7 Å². The van der Waals surface area contributed by atoms with Crippen LogP contribution in [0, 0.1) is 0 Å². The third kappa shape index (κ3) is 2.74. The predicted octanol–water partition coefficient (Wildman–Crippen LogP) is 3.58. The zero-order valence-electron chi connectivity index (χ0n) is 12.0. The first-order chi connectivity index (χ1) is 10.8. The Hall–Kier alpha value is -2.95. The fourth-order valence-electron chi connectivity index (χ4n) is 2.09. The van der Waals surface area contributed by atoms with Gasteiger partial charge in [-0.15, -0.1) is 0 Å². The first kappa shape index (κ1) is 14.0. The first-order valence-electron chi connectivity index (χ1n) is 6.95. The second-order valence-corrected chi connectivity index (χ2v) is 4.56. The predicted molar refractivity (Wildman–Crippen MR) is 81.1 cm³/mol. The van der Waals surface area contributed by atoms with Gasteiger partial charge in [-0.25, -0.2) is 4.79 Å². The summed E-state index contributed by atoms with van der Waals surface area (Å²) in [7, 11) is 0. The second kappa shape index (κ2) is 6.22. The van der Waals surface area contributed by atoms with Crippen LogP contribution in [0.4, 0.5) is 0 Å². The molecule has 0 spiro atoms. The maximum atomic E-state index is 12.0. The van der Waals surface area contributed by atoms with E-state index in [0.717, 1.165) is 5.56 Å². The number of carbonyl (C=O) groups is 1. The smallest absolute Gasteiger partial charge is 0.338 e. The van der Waals surface area contributed by atoms with Crippen LogP contribution >= 0.6 is 0 Å². The van der Waals surface area contributed by atoms with E-state index in [1.165, 1.54) is 0 Å². The number of rotatable bonds is 4. The van der Waals surface area contributed by atoms with Gasteiger partial charge < -0.3 is 9.26 Å². The molecule has 2 aromatic carbocycles. The number of carbonyl (C=O) groups excluding carboxylic acids is 1. The van der Waals surface area contributed by atoms with Gasteiger partial charge in [-0.1, -0.05) is 47.6 Å². The maximum Gasteiger partial charge on any atom is 0.338 e. The summed E-state index contributed by atoms with van der Waals surface area (Å²) in [5.74, 6) is 0.370. The second-order valence-electron chi connectivity index (χ2n) is 4.56. The number of aromatic nitrogens is 2. The zero-order valence-corrected chi connectivity index (χ0v) is 12.0. The Morgan fingerprint density at radius 1 is 1.09 bits per heavy atom. The number of nitrogens with zero attached hydrogens (tertiary/aromatic N) is 2. The number of hydrogen-bond donors (Lipinski definition) is 0. The lowest BCUT2D eigenvalue weighted by Gasteiger charge is -2.04. The van der Waals surface area contributed by atoms with E-state index in [4.69, 9.17) is 9.26 Å². The Balaban J connectivity index is 1.99. The highest BCUT2D eigenvalue weighted by molar-refractivity contribution is 5.96. The summed E-state index contributed by atoms with van der Waals surface area (Å²) >= 11 is 0. The molecular weight excluding hydrogens is 280 g/mol. The minimum Gasteiger partial charge on any atom is -0.462 e. The van der Waals surface area contributed by atoms with Crippen molar-refractivity contribution in [2.45, 2.75) is 6.92 Å². The van der Waals surface area contributed by atoms with Gasteiger partial charge >= 0.3 is 5.97 Å². The molecule has 1 aromatic heterocycles. The van der Waals surface area contributed by atoms with Crippen LogP contribution in [0.2, 0.25) is 0 Å². The van der Waals surface area contributed by atoms with E-state index in [2.05, 4.69) is 10.1 Å². The Morgan fingerprint density at radius 2 is 1.82 bits per heavy atom. The van der Waals surface area contributed by atoms with E-state index < -0.39 is 5.97 Å². The van der Waals surface area contributed by atoms with Gasteiger partial charge in [0.1, 0.15) is 0 Å². The summed E-state index contributed by atoms with van der Waals surface area (Å²) in [6, 6.07) is 16.5. The maximum absolute atomic E-state index is 12.0. The number of hydrogen-bond acceptors (Lipinski definition) is 5. The van der Waals surface area contributed by atoms with Gasteiger partial charge in [0, 0.05) is 5.56 Å². The largest absolute Gasteiger partial charge is 0.462 e. The molecule has 1 heterocycles. The van der Waals surface area contributed by atoms with Crippen LogP contribution in [-0.2, 0) is 4.74 Å². The van der Waals surface area contributed by atoms with Gasteiger partial charge in [0.25, 0.3) is 5.89 Å². The summed E-state index contributed by atoms with van der Waals surface area (Å²) in [6.07, 6.45) is 0. The topological polar surface area (TPSA) is 65.2 Å². The normalized spacial score (nSPS) is 10.4. The molecule has 0 aliphatic rings. The molecule has 110 valence electrons. The van der Waals surface area contributed by atoms with Crippen molar-refractivity contribution in [2.75, 3.05) is 6.61 Å². The molecular formula is C17H14N2O3. The van der Waals surface area contributed by atoms with Gasteiger partial charge in [-0.05, 0) is 19.1 Å². The SMILES string of the molecule is CCOC(=O)c1ccccc1-c1nc(-c2ccccc2)no1. The summed E-state index contributed by atoms with van der Waals surface area (Å²) in [5.41, 5.74) is 1.83. The van der Waals surface area contributed by atoms with Crippen LogP contribution in [-0.4, -0.2) is 22.7 Å². The number of esters is 1. The molecule has 0 N–H and O–H groups in total. The minimum atomic E-state index is -0.405. The molecule has 0 unspecified atom stereocenters. The van der Waals surface area contributed by atoms with E-state index >= 15 is 0 Å². The molecule has 0 saturated heterocycles. The highest BCUT2D eigenvalue weighted by Crippen LogP contribution is 2.25. The molecule has 0 saturated carbocycles. The average Bonchev–Trinajstić information content (AvgIpc) is 3.06. The third-order valence-corrected chi connectivity index (χ3v) is 3.11. The molecule has 0 aliphatic carbocycles. The lowest BCUT2D eigenvalue weighted by atomic mass is 10.1. The summed E-state index contributed by atoms with van der Waals surface area (Å²) in [6.45, 7) is 2.08. The van der Waals surface area contributed by atoms with E-state index in [1.54, 1.807) is 25.1 Å². The molecule has 0 fully saturated rings. The van der Waals surface area contributed by atoms with Gasteiger partial charge in [-0.3, -0.25) is 0 Å². The van der Waals surface area contributed by atoms with Crippen LogP contribution < -0.4 is 0 Å². The van der Waals surface area contributed by atoms with Crippen LogP contribution in [0.3, 0.4) is 0 Å². The molecule has 0 aliphatic heterocycles. The van der Waals surface area contributed by atoms with Crippen molar-refractivity contribution in [1.82, 2.24) is 10.1 Å². The van der Waals surface area contributed by atoms with Crippen molar-refractivity contribution in [3.8, 4) is 22.8 Å². The van der Waals surface area contributed by atoms with Crippen LogP contribution in [0.5, 0.6) is 0 Å². The fraction of sp³-hybridized carbons (Fsp3) is 0.118. The zero-order chi connectivity index (χ0) is 15.4. The molecule has 0 radical (unpaired) electrons. The van der Waals surface area contributed by atoms with Crippen molar-refractivity contribution < 1.29 is 14.1 Å². The summed E-state index contributed by atoms with van der Waals surface area (Å²) < 4.78 is 10.4. The van der Waals surface area contributed by atoms with E-state index in [9.17, 15) is 4.79 Å². The summed E-state index contributed by atoms with van der Waals surface area (Å²) in [4.78, 5) is 16.4. The average molecular weight is 294 g/mol. The highest BCUT2D eigenvalue weighted by atomic mass is 16.5. The van der Waals surface area contributed by atoms with Crippen molar-refractivity contribution in [2.24, 2.45) is 0 Å². The highest BCUT2D eigenvalue weighted by Gasteiger charge is 2.18. The number of ether oxygens (including phenoxy) is 1. The van der Waals surface area contributed by atoms with Crippen LogP contribution in [0.15, 0.2) is 59.1 Å². The van der Waals surface area contributed by atoms with Gasteiger partial charge in [0.15, 0.2) is 0 Å². The molecule has 0 bridgehead atoms. The molecule has 5 nitrogen and oxygen atoms in total. The lowest BCUT2D eigenvalue weighted by Crippen LogP contribution is -2.06. The fourth-order valence-corrected chi connectivity index (χ4v) is 2.09. The Kier molecular flexibility index (Phi) is 3.96. The Bertz CT molecular complexity index is 781. The molecule has 5 heteroatoms. The van der Waals surface area contributed by atoms with E-state index in [-0.39, 0.29) is 0 Å². The van der Waals surface area contributed by atoms with Crippen molar-refractivity contribution in [1.29, 1.82) is 0 Å². The minimum absolute atomic E-state index is 0.294. The molecule has 0 atom stereocenters. The Morgan fingerprint density at radius 3 is 2.59 bits per heavy atom. The molecule has 0 amide bonds. The van der Waals surface area contributed by atoms with E-state index in [0.29, 0.717) is 29.4 Å². The van der Waals surface area contributed by atoms with Crippen molar-refractivity contribution >= 4 is 5.97 Å². The van der Waals surface area contributed by atoms with Crippen LogP contribution in [0.1, 0.15) is 17.3 Å². The van der Waals surface area contributed by atoms with Crippen molar-refractivity contribution in [3.05, 3.63) is 60.2 Å². The quantitative estimate of drug-likeness (QED) is 0.688. The van der Waals surface area contributed by atoms with Crippen molar-refractivity contribution in [3.63, 3.8) is 0 Å². The monoisotopic (exact) mass is 294 g/mol. The van der Waals surface area contributed by atoms with Crippen LogP contribution in [0.25, 0.3) is 22.8 Å². The third-order valence-electron chi connectivity index (χ3n) is 3.11. The molecule has 3 rings (SSSR count). The van der Waals surface area contributed by atoms with E-state index in [1.807, 2.05) is 36.4 Å². The lowest BCUT2D eigenvalue weighted by molar-refractivity contribution is 0.0527. The first-order valence-corrected chi connectivity index (χ1v) is 6.95. The summed E-state index contributed by atoms with van der Waals surface area (Å²) in [5, 5.41) is 3.97. The molecule has 3 aromatic rings. The van der Waals surface area contributed by atoms with Gasteiger partial charge in [0.2, 0.25) is 5.82 Å². The standard InChI is InChI=1S/C17H14N2O3/c1-2-21-17(20)14-11-7-6-10-13(14)16-18-15(19-22-16)12-8-4-3-5-9-12/h3-11H,2H2,1H3. The molecule has 22 heavy (non-hydrogen) atoms.